The number of benzene rings is 2. The molecule has 1 amide bonds. The van der Waals surface area contributed by atoms with E-state index in [4.69, 9.17) is 4.74 Å². The zero-order valence-corrected chi connectivity index (χ0v) is 15.2. The van der Waals surface area contributed by atoms with Gasteiger partial charge in [0.25, 0.3) is 5.91 Å². The third-order valence-corrected chi connectivity index (χ3v) is 4.74. The summed E-state index contributed by atoms with van der Waals surface area (Å²) in [6.45, 7) is -0.00797. The first-order valence-electron chi connectivity index (χ1n) is 8.74. The summed E-state index contributed by atoms with van der Waals surface area (Å²) in [4.78, 5) is 12.3. The molecule has 0 saturated carbocycles. The van der Waals surface area contributed by atoms with Crippen LogP contribution in [-0.2, 0) is 12.0 Å². The fraction of sp³-hybridized carbons (Fsp3) is 0.350. The Balaban J connectivity index is 1.68. The summed E-state index contributed by atoms with van der Waals surface area (Å²) in [5, 5.41) is 13.7. The second-order valence-corrected chi connectivity index (χ2v) is 6.66. The third kappa shape index (κ3) is 4.56. The molecule has 2 aromatic carbocycles. The standard InChI is InChI=1S/C20H20F3NO4/c1-27-16-8-9-17-14(11-16)3-2-10-19(17,26)12-24-18(25)13-4-6-15(7-5-13)28-20(21,22)23/h4-9,11,26H,2-3,10,12H2,1H3,(H,24,25). The van der Waals surface area contributed by atoms with Gasteiger partial charge in [0.15, 0.2) is 0 Å². The molecule has 0 aromatic heterocycles. The van der Waals surface area contributed by atoms with E-state index in [2.05, 4.69) is 10.1 Å². The van der Waals surface area contributed by atoms with Gasteiger partial charge in [0, 0.05) is 5.56 Å². The van der Waals surface area contributed by atoms with Gasteiger partial charge in [-0.1, -0.05) is 6.07 Å². The van der Waals surface area contributed by atoms with Crippen LogP contribution in [0.15, 0.2) is 42.5 Å². The van der Waals surface area contributed by atoms with Crippen LogP contribution in [0.3, 0.4) is 0 Å². The van der Waals surface area contributed by atoms with Gasteiger partial charge in [0.2, 0.25) is 0 Å². The van der Waals surface area contributed by atoms with Crippen molar-refractivity contribution < 1.29 is 32.5 Å². The average Bonchev–Trinajstić information content (AvgIpc) is 2.65. The normalized spacial score (nSPS) is 18.9. The largest absolute Gasteiger partial charge is 0.573 e. The predicted molar refractivity (Wildman–Crippen MR) is 95.3 cm³/mol. The lowest BCUT2D eigenvalue weighted by atomic mass is 9.79. The Bertz CT molecular complexity index is 852. The van der Waals surface area contributed by atoms with Gasteiger partial charge in [-0.15, -0.1) is 13.2 Å². The molecule has 0 aliphatic heterocycles. The summed E-state index contributed by atoms with van der Waals surface area (Å²) < 4.78 is 45.6. The van der Waals surface area contributed by atoms with E-state index in [-0.39, 0.29) is 12.1 Å². The lowest BCUT2D eigenvalue weighted by molar-refractivity contribution is -0.274. The Morgan fingerprint density at radius 1 is 1.18 bits per heavy atom. The number of hydrogen-bond donors (Lipinski definition) is 2. The number of rotatable bonds is 5. The van der Waals surface area contributed by atoms with Crippen molar-refractivity contribution in [1.82, 2.24) is 5.32 Å². The number of hydrogen-bond acceptors (Lipinski definition) is 4. The van der Waals surface area contributed by atoms with Crippen molar-refractivity contribution in [2.45, 2.75) is 31.2 Å². The minimum atomic E-state index is -4.79. The average molecular weight is 395 g/mol. The van der Waals surface area contributed by atoms with Crippen molar-refractivity contribution in [3.05, 3.63) is 59.2 Å². The van der Waals surface area contributed by atoms with E-state index in [1.807, 2.05) is 6.07 Å². The number of fused-ring (bicyclic) bond motifs is 1. The van der Waals surface area contributed by atoms with Gasteiger partial charge < -0.3 is 19.9 Å². The van der Waals surface area contributed by atoms with Crippen LogP contribution < -0.4 is 14.8 Å². The highest BCUT2D eigenvalue weighted by molar-refractivity contribution is 5.94. The number of amides is 1. The number of ether oxygens (including phenoxy) is 2. The van der Waals surface area contributed by atoms with E-state index in [1.54, 1.807) is 19.2 Å². The smallest absolute Gasteiger partial charge is 0.497 e. The first-order valence-corrected chi connectivity index (χ1v) is 8.74. The monoisotopic (exact) mass is 395 g/mol. The van der Waals surface area contributed by atoms with Crippen LogP contribution in [-0.4, -0.2) is 31.0 Å². The Hall–Kier alpha value is -2.74. The Kier molecular flexibility index (Phi) is 5.51. The van der Waals surface area contributed by atoms with E-state index < -0.39 is 23.6 Å². The summed E-state index contributed by atoms with van der Waals surface area (Å²) in [6, 6.07) is 10.0. The molecule has 1 atom stereocenters. The summed E-state index contributed by atoms with van der Waals surface area (Å²) in [6.07, 6.45) is -2.73. The van der Waals surface area contributed by atoms with Crippen LogP contribution in [0.25, 0.3) is 0 Å². The first-order chi connectivity index (χ1) is 13.2. The van der Waals surface area contributed by atoms with Crippen LogP contribution >= 0.6 is 0 Å². The topological polar surface area (TPSA) is 67.8 Å². The Morgan fingerprint density at radius 3 is 2.50 bits per heavy atom. The molecule has 1 unspecified atom stereocenters. The van der Waals surface area contributed by atoms with Crippen LogP contribution in [0.5, 0.6) is 11.5 Å². The Labute approximate surface area is 160 Å². The number of aryl methyl sites for hydroxylation is 1. The molecule has 0 saturated heterocycles. The van der Waals surface area contributed by atoms with E-state index in [9.17, 15) is 23.1 Å². The molecule has 0 spiro atoms. The summed E-state index contributed by atoms with van der Waals surface area (Å²) in [5.41, 5.74) is 0.670. The molecule has 0 fully saturated rings. The molecular weight excluding hydrogens is 375 g/mol. The van der Waals surface area contributed by atoms with E-state index in [0.29, 0.717) is 12.2 Å². The highest BCUT2D eigenvalue weighted by Gasteiger charge is 2.35. The second kappa shape index (κ2) is 7.71. The molecule has 2 N–H and O–H groups in total. The number of aliphatic hydroxyl groups is 1. The van der Waals surface area contributed by atoms with E-state index >= 15 is 0 Å². The molecule has 0 heterocycles. The fourth-order valence-corrected chi connectivity index (χ4v) is 3.38. The molecule has 8 heteroatoms. The van der Waals surface area contributed by atoms with Gasteiger partial charge in [0.1, 0.15) is 17.1 Å². The van der Waals surface area contributed by atoms with Crippen LogP contribution in [0.4, 0.5) is 13.2 Å². The van der Waals surface area contributed by atoms with E-state index in [1.165, 1.54) is 12.1 Å². The molecule has 28 heavy (non-hydrogen) atoms. The fourth-order valence-electron chi connectivity index (χ4n) is 3.38. The van der Waals surface area contributed by atoms with Gasteiger partial charge in [-0.05, 0) is 66.8 Å². The molecule has 0 radical (unpaired) electrons. The van der Waals surface area contributed by atoms with Crippen LogP contribution in [0.2, 0.25) is 0 Å². The number of alkyl halides is 3. The predicted octanol–water partition coefficient (Wildman–Crippen LogP) is 3.55. The van der Waals surface area contributed by atoms with Crippen molar-refractivity contribution >= 4 is 5.91 Å². The highest BCUT2D eigenvalue weighted by Crippen LogP contribution is 2.36. The zero-order valence-electron chi connectivity index (χ0n) is 15.2. The van der Waals surface area contributed by atoms with Gasteiger partial charge in [-0.25, -0.2) is 0 Å². The SMILES string of the molecule is COc1ccc2c(c1)CCCC2(O)CNC(=O)c1ccc(OC(F)(F)F)cc1. The maximum Gasteiger partial charge on any atom is 0.573 e. The Morgan fingerprint density at radius 2 is 1.86 bits per heavy atom. The van der Waals surface area contributed by atoms with Gasteiger partial charge >= 0.3 is 6.36 Å². The molecule has 2 aromatic rings. The van der Waals surface area contributed by atoms with E-state index in [0.717, 1.165) is 36.1 Å². The molecule has 1 aliphatic carbocycles. The lowest BCUT2D eigenvalue weighted by Crippen LogP contribution is -2.43. The number of halogens is 3. The molecular formula is C20H20F3NO4. The van der Waals surface area contributed by atoms with Crippen molar-refractivity contribution in [2.75, 3.05) is 13.7 Å². The summed E-state index contributed by atoms with van der Waals surface area (Å²) >= 11 is 0. The maximum absolute atomic E-state index is 12.3. The van der Waals surface area contributed by atoms with Gasteiger partial charge in [-0.3, -0.25) is 4.79 Å². The summed E-state index contributed by atoms with van der Waals surface area (Å²) in [5.74, 6) is -0.196. The van der Waals surface area contributed by atoms with Crippen molar-refractivity contribution in [1.29, 1.82) is 0 Å². The molecule has 3 rings (SSSR count). The maximum atomic E-state index is 12.3. The van der Waals surface area contributed by atoms with Crippen molar-refractivity contribution in [3.63, 3.8) is 0 Å². The van der Waals surface area contributed by atoms with Gasteiger partial charge in [0.05, 0.1) is 13.7 Å². The minimum Gasteiger partial charge on any atom is -0.497 e. The molecule has 1 aliphatic rings. The van der Waals surface area contributed by atoms with Crippen LogP contribution in [0.1, 0.15) is 34.3 Å². The quantitative estimate of drug-likeness (QED) is 0.813. The lowest BCUT2D eigenvalue weighted by Gasteiger charge is -2.35. The molecule has 5 nitrogen and oxygen atoms in total. The number of nitrogens with one attached hydrogen (secondary N) is 1. The summed E-state index contributed by atoms with van der Waals surface area (Å²) in [7, 11) is 1.57. The van der Waals surface area contributed by atoms with Crippen molar-refractivity contribution in [2.24, 2.45) is 0 Å². The number of methoxy groups -OCH3 is 1. The highest BCUT2D eigenvalue weighted by atomic mass is 19.4. The second-order valence-electron chi connectivity index (χ2n) is 6.66. The third-order valence-electron chi connectivity index (χ3n) is 4.74. The first kappa shape index (κ1) is 20.0. The van der Waals surface area contributed by atoms with Gasteiger partial charge in [-0.2, -0.15) is 0 Å². The molecule has 0 bridgehead atoms. The van der Waals surface area contributed by atoms with Crippen LogP contribution in [0, 0.1) is 0 Å². The van der Waals surface area contributed by atoms with Crippen molar-refractivity contribution in [3.8, 4) is 11.5 Å². The number of carbonyl (C=O) groups excluding carboxylic acids is 1. The minimum absolute atomic E-state index is 0.00797. The number of carbonyl (C=O) groups is 1. The zero-order chi connectivity index (χ0) is 20.4. The molecule has 150 valence electrons.